The maximum absolute atomic E-state index is 12.8. The van der Waals surface area contributed by atoms with Crippen LogP contribution in [0, 0.1) is 11.3 Å². The van der Waals surface area contributed by atoms with Crippen LogP contribution in [0.3, 0.4) is 0 Å². The second kappa shape index (κ2) is 6.73. The summed E-state index contributed by atoms with van der Waals surface area (Å²) in [6, 6.07) is 14.5. The molecular formula is C21H14N4O2. The molecule has 0 aliphatic carbocycles. The molecule has 0 amide bonds. The predicted molar refractivity (Wildman–Crippen MR) is 100 cm³/mol. The zero-order valence-corrected chi connectivity index (χ0v) is 14.4. The summed E-state index contributed by atoms with van der Waals surface area (Å²) in [5.74, 6) is 0.424. The van der Waals surface area contributed by atoms with Gasteiger partial charge in [-0.05, 0) is 36.4 Å². The highest BCUT2D eigenvalue weighted by Gasteiger charge is 2.17. The number of aromatic amines is 1. The molecule has 4 aromatic rings. The Morgan fingerprint density at radius 3 is 2.81 bits per heavy atom. The maximum atomic E-state index is 12.8. The molecule has 1 aromatic carbocycles. The summed E-state index contributed by atoms with van der Waals surface area (Å²) in [6.07, 6.45) is 4.90. The molecule has 6 nitrogen and oxygen atoms in total. The molecule has 4 rings (SSSR count). The monoisotopic (exact) mass is 354 g/mol. The lowest BCUT2D eigenvalue weighted by molar-refractivity contribution is 0.103. The van der Waals surface area contributed by atoms with E-state index in [4.69, 9.17) is 4.74 Å². The Morgan fingerprint density at radius 1 is 1.19 bits per heavy atom. The second-order valence-electron chi connectivity index (χ2n) is 5.89. The van der Waals surface area contributed by atoms with Gasteiger partial charge in [0.25, 0.3) is 0 Å². The first-order valence-corrected chi connectivity index (χ1v) is 8.22. The molecule has 0 bridgehead atoms. The summed E-state index contributed by atoms with van der Waals surface area (Å²) in [7, 11) is 1.55. The van der Waals surface area contributed by atoms with E-state index in [1.165, 1.54) is 0 Å². The standard InChI is InChI=1S/C21H14N4O2/c1-27-15-5-6-16(13(8-15)10-22)14-9-17-18(12-25-21(17)24-11-14)20(26)19-4-2-3-7-23-19/h2-9,11-12H,1H3,(H,24,25). The van der Waals surface area contributed by atoms with Crippen LogP contribution < -0.4 is 4.74 Å². The molecule has 6 heteroatoms. The van der Waals surface area contributed by atoms with E-state index in [-0.39, 0.29) is 5.78 Å². The smallest absolute Gasteiger partial charge is 0.213 e. The lowest BCUT2D eigenvalue weighted by atomic mass is 9.99. The first-order chi connectivity index (χ1) is 13.2. The highest BCUT2D eigenvalue weighted by molar-refractivity contribution is 6.15. The van der Waals surface area contributed by atoms with E-state index in [0.717, 1.165) is 11.1 Å². The number of carbonyl (C=O) groups excluding carboxylic acids is 1. The van der Waals surface area contributed by atoms with E-state index >= 15 is 0 Å². The van der Waals surface area contributed by atoms with E-state index < -0.39 is 0 Å². The lowest BCUT2D eigenvalue weighted by Gasteiger charge is -2.07. The minimum absolute atomic E-state index is 0.184. The molecule has 0 fully saturated rings. The van der Waals surface area contributed by atoms with Crippen LogP contribution in [0.25, 0.3) is 22.2 Å². The number of carbonyl (C=O) groups is 1. The number of hydrogen-bond donors (Lipinski definition) is 1. The first kappa shape index (κ1) is 16.5. The fourth-order valence-corrected chi connectivity index (χ4v) is 2.97. The van der Waals surface area contributed by atoms with E-state index in [1.807, 2.05) is 12.1 Å². The van der Waals surface area contributed by atoms with Crippen LogP contribution in [0.2, 0.25) is 0 Å². The molecule has 1 N–H and O–H groups in total. The predicted octanol–water partition coefficient (Wildman–Crippen LogP) is 3.74. The molecule has 0 aliphatic rings. The van der Waals surface area contributed by atoms with Crippen molar-refractivity contribution in [2.75, 3.05) is 7.11 Å². The van der Waals surface area contributed by atoms with Crippen molar-refractivity contribution in [3.63, 3.8) is 0 Å². The van der Waals surface area contributed by atoms with Crippen LogP contribution in [0.4, 0.5) is 0 Å². The SMILES string of the molecule is COc1ccc(-c2cnc3[nH]cc(C(=O)c4ccccn4)c3c2)c(C#N)c1. The summed E-state index contributed by atoms with van der Waals surface area (Å²) in [4.78, 5) is 24.3. The molecule has 0 saturated carbocycles. The van der Waals surface area contributed by atoms with Crippen molar-refractivity contribution in [3.8, 4) is 22.9 Å². The van der Waals surface area contributed by atoms with Crippen LogP contribution >= 0.6 is 0 Å². The molecule has 3 heterocycles. The van der Waals surface area contributed by atoms with Crippen molar-refractivity contribution in [1.29, 1.82) is 5.26 Å². The lowest BCUT2D eigenvalue weighted by Crippen LogP contribution is -2.02. The zero-order valence-electron chi connectivity index (χ0n) is 14.4. The van der Waals surface area contributed by atoms with Gasteiger partial charge in [0.05, 0.1) is 24.3 Å². The fourth-order valence-electron chi connectivity index (χ4n) is 2.97. The highest BCUT2D eigenvalue weighted by Crippen LogP contribution is 2.30. The number of rotatable bonds is 4. The molecule has 0 radical (unpaired) electrons. The van der Waals surface area contributed by atoms with Gasteiger partial charge in [0.15, 0.2) is 0 Å². The number of ketones is 1. The summed E-state index contributed by atoms with van der Waals surface area (Å²) >= 11 is 0. The third kappa shape index (κ3) is 2.92. The fraction of sp³-hybridized carbons (Fsp3) is 0.0476. The number of ether oxygens (including phenoxy) is 1. The number of nitriles is 1. The van der Waals surface area contributed by atoms with Gasteiger partial charge in [-0.25, -0.2) is 4.98 Å². The summed E-state index contributed by atoms with van der Waals surface area (Å²) in [5.41, 5.74) is 3.41. The van der Waals surface area contributed by atoms with Crippen molar-refractivity contribution >= 4 is 16.8 Å². The Hall–Kier alpha value is -3.98. The second-order valence-corrected chi connectivity index (χ2v) is 5.89. The number of benzene rings is 1. The van der Waals surface area contributed by atoms with Crippen LogP contribution in [0.15, 0.2) is 61.1 Å². The van der Waals surface area contributed by atoms with Gasteiger partial charge >= 0.3 is 0 Å². The van der Waals surface area contributed by atoms with Gasteiger partial charge in [-0.15, -0.1) is 0 Å². The molecule has 130 valence electrons. The third-order valence-corrected chi connectivity index (χ3v) is 4.33. The Labute approximate surface area is 155 Å². The zero-order chi connectivity index (χ0) is 18.8. The number of methoxy groups -OCH3 is 1. The minimum atomic E-state index is -0.184. The Kier molecular flexibility index (Phi) is 4.11. The number of pyridine rings is 2. The highest BCUT2D eigenvalue weighted by atomic mass is 16.5. The van der Waals surface area contributed by atoms with Gasteiger partial charge in [0.2, 0.25) is 5.78 Å². The van der Waals surface area contributed by atoms with Crippen LogP contribution in [0.1, 0.15) is 21.6 Å². The van der Waals surface area contributed by atoms with Crippen molar-refractivity contribution in [2.24, 2.45) is 0 Å². The van der Waals surface area contributed by atoms with Crippen molar-refractivity contribution in [3.05, 3.63) is 77.9 Å². The molecule has 3 aromatic heterocycles. The number of fused-ring (bicyclic) bond motifs is 1. The molecule has 27 heavy (non-hydrogen) atoms. The van der Waals surface area contributed by atoms with E-state index in [1.54, 1.807) is 56.0 Å². The number of H-pyrrole nitrogens is 1. The number of nitrogens with zero attached hydrogens (tertiary/aromatic N) is 3. The average Bonchev–Trinajstić information content (AvgIpc) is 3.16. The van der Waals surface area contributed by atoms with Gasteiger partial charge in [-0.3, -0.25) is 9.78 Å². The summed E-state index contributed by atoms with van der Waals surface area (Å²) in [6.45, 7) is 0. The van der Waals surface area contributed by atoms with Crippen molar-refractivity contribution < 1.29 is 9.53 Å². The molecule has 0 saturated heterocycles. The molecule has 0 spiro atoms. The first-order valence-electron chi connectivity index (χ1n) is 8.22. The van der Waals surface area contributed by atoms with E-state index in [2.05, 4.69) is 21.0 Å². The van der Waals surface area contributed by atoms with Crippen LogP contribution in [-0.2, 0) is 0 Å². The third-order valence-electron chi connectivity index (χ3n) is 4.33. The van der Waals surface area contributed by atoms with Crippen molar-refractivity contribution in [2.45, 2.75) is 0 Å². The van der Waals surface area contributed by atoms with Gasteiger partial charge in [0, 0.05) is 35.1 Å². The normalized spacial score (nSPS) is 10.5. The minimum Gasteiger partial charge on any atom is -0.497 e. The quantitative estimate of drug-likeness (QED) is 0.564. The van der Waals surface area contributed by atoms with Gasteiger partial charge in [-0.1, -0.05) is 6.07 Å². The largest absolute Gasteiger partial charge is 0.497 e. The van der Waals surface area contributed by atoms with Crippen LogP contribution in [0.5, 0.6) is 5.75 Å². The molecule has 0 atom stereocenters. The van der Waals surface area contributed by atoms with Crippen LogP contribution in [-0.4, -0.2) is 27.8 Å². The Balaban J connectivity index is 1.84. The molecule has 0 unspecified atom stereocenters. The van der Waals surface area contributed by atoms with E-state index in [9.17, 15) is 10.1 Å². The Bertz CT molecular complexity index is 1190. The summed E-state index contributed by atoms with van der Waals surface area (Å²) in [5, 5.41) is 10.2. The number of nitrogens with one attached hydrogen (secondary N) is 1. The topological polar surface area (TPSA) is 91.7 Å². The summed E-state index contributed by atoms with van der Waals surface area (Å²) < 4.78 is 5.18. The van der Waals surface area contributed by atoms with Gasteiger partial charge in [0.1, 0.15) is 17.1 Å². The molecule has 0 aliphatic heterocycles. The molecular weight excluding hydrogens is 340 g/mol. The Morgan fingerprint density at radius 2 is 2.07 bits per heavy atom. The number of hydrogen-bond acceptors (Lipinski definition) is 5. The van der Waals surface area contributed by atoms with Gasteiger partial charge in [-0.2, -0.15) is 5.26 Å². The maximum Gasteiger partial charge on any atom is 0.213 e. The van der Waals surface area contributed by atoms with E-state index in [0.29, 0.717) is 33.6 Å². The average molecular weight is 354 g/mol. The number of aromatic nitrogens is 3. The van der Waals surface area contributed by atoms with Gasteiger partial charge < -0.3 is 9.72 Å². The van der Waals surface area contributed by atoms with Crippen molar-refractivity contribution in [1.82, 2.24) is 15.0 Å².